The van der Waals surface area contributed by atoms with Crippen LogP contribution in [-0.4, -0.2) is 30.9 Å². The van der Waals surface area contributed by atoms with Gasteiger partial charge in [0.25, 0.3) is 5.91 Å². The van der Waals surface area contributed by atoms with Gasteiger partial charge < -0.3 is 0 Å². The second-order valence-electron chi connectivity index (χ2n) is 6.13. The maximum atomic E-state index is 12.4. The van der Waals surface area contributed by atoms with E-state index in [2.05, 4.69) is 25.6 Å². The van der Waals surface area contributed by atoms with Crippen LogP contribution in [0.5, 0.6) is 0 Å². The van der Waals surface area contributed by atoms with E-state index in [9.17, 15) is 4.79 Å². The van der Waals surface area contributed by atoms with E-state index in [1.54, 1.807) is 35.0 Å². The number of H-pyrrole nitrogens is 1. The minimum atomic E-state index is -0.403. The molecule has 4 rings (SSSR count). The minimum Gasteiger partial charge on any atom is -0.288 e. The number of amides is 1. The molecule has 1 amide bonds. The molecule has 0 aliphatic heterocycles. The van der Waals surface area contributed by atoms with Crippen LogP contribution in [0.4, 0.5) is 5.95 Å². The number of rotatable bonds is 5. The lowest BCUT2D eigenvalue weighted by atomic mass is 10.1. The van der Waals surface area contributed by atoms with Gasteiger partial charge in [-0.3, -0.25) is 15.2 Å². The van der Waals surface area contributed by atoms with Crippen LogP contribution in [0.2, 0.25) is 15.1 Å². The van der Waals surface area contributed by atoms with Gasteiger partial charge in [0.15, 0.2) is 0 Å². The summed E-state index contributed by atoms with van der Waals surface area (Å²) in [6.07, 6.45) is 1.51. The zero-order chi connectivity index (χ0) is 20.4. The van der Waals surface area contributed by atoms with E-state index < -0.39 is 5.91 Å². The first-order chi connectivity index (χ1) is 14.0. The molecule has 0 aliphatic rings. The molecule has 0 radical (unpaired) electrons. The molecule has 0 bridgehead atoms. The number of anilines is 1. The Labute approximate surface area is 180 Å². The number of carbonyl (C=O) groups is 1. The summed E-state index contributed by atoms with van der Waals surface area (Å²) < 4.78 is 1.57. The van der Waals surface area contributed by atoms with E-state index in [1.807, 2.05) is 18.2 Å². The van der Waals surface area contributed by atoms with E-state index in [0.29, 0.717) is 27.3 Å². The number of aromatic amines is 1. The van der Waals surface area contributed by atoms with Gasteiger partial charge in [-0.2, -0.15) is 5.10 Å². The molecule has 7 nitrogen and oxygen atoms in total. The van der Waals surface area contributed by atoms with Crippen molar-refractivity contribution in [2.45, 2.75) is 6.54 Å². The summed E-state index contributed by atoms with van der Waals surface area (Å²) in [6, 6.07) is 14.0. The summed E-state index contributed by atoms with van der Waals surface area (Å²) in [5.41, 5.74) is 2.58. The van der Waals surface area contributed by atoms with Crippen LogP contribution in [0.3, 0.4) is 0 Å². The second kappa shape index (κ2) is 8.24. The van der Waals surface area contributed by atoms with E-state index in [-0.39, 0.29) is 11.6 Å². The Morgan fingerprint density at radius 2 is 1.79 bits per heavy atom. The van der Waals surface area contributed by atoms with Crippen LogP contribution in [0.25, 0.3) is 11.3 Å². The Bertz CT molecular complexity index is 1170. The van der Waals surface area contributed by atoms with Gasteiger partial charge in [-0.25, -0.2) is 9.67 Å². The monoisotopic (exact) mass is 446 g/mol. The molecule has 2 aromatic carbocycles. The quantitative estimate of drug-likeness (QED) is 0.454. The predicted molar refractivity (Wildman–Crippen MR) is 113 cm³/mol. The Morgan fingerprint density at radius 3 is 2.55 bits per heavy atom. The fourth-order valence-electron chi connectivity index (χ4n) is 2.63. The smallest absolute Gasteiger partial charge is 0.276 e. The zero-order valence-electron chi connectivity index (χ0n) is 14.7. The molecule has 0 aliphatic carbocycles. The Hall–Kier alpha value is -2.87. The van der Waals surface area contributed by atoms with Crippen molar-refractivity contribution in [3.05, 3.63) is 81.2 Å². The van der Waals surface area contributed by atoms with Gasteiger partial charge in [0.1, 0.15) is 12.0 Å². The van der Waals surface area contributed by atoms with Crippen molar-refractivity contribution in [3.63, 3.8) is 0 Å². The topological polar surface area (TPSA) is 88.5 Å². The van der Waals surface area contributed by atoms with Gasteiger partial charge in [-0.1, -0.05) is 53.0 Å². The standard InChI is InChI=1S/C19H13Cl3N6O/c20-13-4-1-11(2-5-13)16-8-17(26-25-16)18(29)24-19-23-10-28(27-19)9-12-3-6-14(21)7-15(12)22/h1-8,10H,9H2,(H,25,26)(H,24,27,29). The highest BCUT2D eigenvalue weighted by Crippen LogP contribution is 2.22. The highest BCUT2D eigenvalue weighted by atomic mass is 35.5. The summed E-state index contributed by atoms with van der Waals surface area (Å²) >= 11 is 18.0. The minimum absolute atomic E-state index is 0.169. The lowest BCUT2D eigenvalue weighted by Gasteiger charge is -2.04. The first-order valence-electron chi connectivity index (χ1n) is 8.44. The largest absolute Gasteiger partial charge is 0.288 e. The van der Waals surface area contributed by atoms with Crippen LogP contribution in [0, 0.1) is 0 Å². The first kappa shape index (κ1) is 19.4. The summed E-state index contributed by atoms with van der Waals surface area (Å²) in [7, 11) is 0. The Kier molecular flexibility index (Phi) is 5.53. The van der Waals surface area contributed by atoms with Crippen LogP contribution in [0.1, 0.15) is 16.1 Å². The molecule has 0 saturated heterocycles. The summed E-state index contributed by atoms with van der Waals surface area (Å²) in [4.78, 5) is 16.5. The number of benzene rings is 2. The van der Waals surface area contributed by atoms with Crippen LogP contribution >= 0.6 is 34.8 Å². The van der Waals surface area contributed by atoms with Gasteiger partial charge in [0.2, 0.25) is 5.95 Å². The molecule has 2 heterocycles. The maximum Gasteiger partial charge on any atom is 0.276 e. The van der Waals surface area contributed by atoms with Crippen molar-refractivity contribution in [2.24, 2.45) is 0 Å². The predicted octanol–water partition coefficient (Wildman–Crippen LogP) is 4.93. The van der Waals surface area contributed by atoms with Crippen molar-refractivity contribution >= 4 is 46.7 Å². The number of halogens is 3. The van der Waals surface area contributed by atoms with Crippen LogP contribution in [-0.2, 0) is 6.54 Å². The molecule has 10 heteroatoms. The van der Waals surface area contributed by atoms with Crippen molar-refractivity contribution in [3.8, 4) is 11.3 Å². The molecule has 29 heavy (non-hydrogen) atoms. The second-order valence-corrected chi connectivity index (χ2v) is 7.41. The SMILES string of the molecule is O=C(Nc1ncn(Cc2ccc(Cl)cc2Cl)n1)c1cc(-c2ccc(Cl)cc2)n[nH]1. The van der Waals surface area contributed by atoms with Crippen molar-refractivity contribution in [1.29, 1.82) is 0 Å². The van der Waals surface area contributed by atoms with Crippen LogP contribution < -0.4 is 5.32 Å². The van der Waals surface area contributed by atoms with Gasteiger partial charge >= 0.3 is 0 Å². The Balaban J connectivity index is 1.43. The average Bonchev–Trinajstić information content (AvgIpc) is 3.34. The van der Waals surface area contributed by atoms with Gasteiger partial charge in [-0.15, -0.1) is 5.10 Å². The zero-order valence-corrected chi connectivity index (χ0v) is 17.0. The van der Waals surface area contributed by atoms with E-state index in [4.69, 9.17) is 34.8 Å². The van der Waals surface area contributed by atoms with E-state index >= 15 is 0 Å². The normalized spacial score (nSPS) is 10.9. The molecule has 2 aromatic heterocycles. The van der Waals surface area contributed by atoms with Crippen molar-refractivity contribution in [1.82, 2.24) is 25.0 Å². The number of nitrogens with zero attached hydrogens (tertiary/aromatic N) is 4. The number of aromatic nitrogens is 5. The molecule has 2 N–H and O–H groups in total. The molecule has 0 fully saturated rings. The van der Waals surface area contributed by atoms with Crippen LogP contribution in [0.15, 0.2) is 54.9 Å². The van der Waals surface area contributed by atoms with Gasteiger partial charge in [0.05, 0.1) is 12.2 Å². The first-order valence-corrected chi connectivity index (χ1v) is 9.57. The fourth-order valence-corrected chi connectivity index (χ4v) is 3.22. The summed E-state index contributed by atoms with van der Waals surface area (Å²) in [5, 5.41) is 15.5. The summed E-state index contributed by atoms with van der Waals surface area (Å²) in [5.74, 6) is -0.234. The molecular weight excluding hydrogens is 435 g/mol. The molecule has 4 aromatic rings. The third-order valence-electron chi connectivity index (χ3n) is 4.07. The molecular formula is C19H13Cl3N6O. The Morgan fingerprint density at radius 1 is 1.03 bits per heavy atom. The molecule has 146 valence electrons. The van der Waals surface area contributed by atoms with Crippen molar-refractivity contribution < 1.29 is 4.79 Å². The maximum absolute atomic E-state index is 12.4. The lowest BCUT2D eigenvalue weighted by Crippen LogP contribution is -2.14. The number of hydrogen-bond donors (Lipinski definition) is 2. The molecule has 0 unspecified atom stereocenters. The summed E-state index contributed by atoms with van der Waals surface area (Å²) in [6.45, 7) is 0.393. The van der Waals surface area contributed by atoms with Gasteiger partial charge in [-0.05, 0) is 35.9 Å². The number of nitrogens with one attached hydrogen (secondary N) is 2. The van der Waals surface area contributed by atoms with Gasteiger partial charge in [0, 0.05) is 20.6 Å². The molecule has 0 spiro atoms. The number of hydrogen-bond acceptors (Lipinski definition) is 4. The molecule has 0 saturated carbocycles. The third kappa shape index (κ3) is 4.59. The highest BCUT2D eigenvalue weighted by molar-refractivity contribution is 6.35. The van der Waals surface area contributed by atoms with Crippen molar-refractivity contribution in [2.75, 3.05) is 5.32 Å². The van der Waals surface area contributed by atoms with E-state index in [1.165, 1.54) is 6.33 Å². The fraction of sp³-hybridized carbons (Fsp3) is 0.0526. The third-order valence-corrected chi connectivity index (χ3v) is 4.91. The van der Waals surface area contributed by atoms with E-state index in [0.717, 1.165) is 11.1 Å². The number of carbonyl (C=O) groups excluding carboxylic acids is 1. The lowest BCUT2D eigenvalue weighted by molar-refractivity contribution is 0.102. The highest BCUT2D eigenvalue weighted by Gasteiger charge is 2.14. The average molecular weight is 448 g/mol. The molecule has 0 atom stereocenters.